The number of amides is 1. The van der Waals surface area contributed by atoms with Gasteiger partial charge >= 0.3 is 5.97 Å². The lowest BCUT2D eigenvalue weighted by Gasteiger charge is -2.35. The standard InChI is InChI=1S/C20H40N4O3S3/c1-6-13(2)16(22-9-14(21)11-28)10-24-12-30-20(3,4)17(24)18(25)23-15(19(26)27)7-8-29-5/h13-17,22,28H,6-12,21H2,1-5H3,(H,23,25)(H,26,27). The first-order chi connectivity index (χ1) is 14.1. The number of carbonyl (C=O) groups is 2. The molecule has 0 aliphatic carbocycles. The molecular formula is C20H40N4O3S3. The van der Waals surface area contributed by atoms with Crippen LogP contribution in [0.3, 0.4) is 0 Å². The van der Waals surface area contributed by atoms with Crippen LogP contribution in [0.2, 0.25) is 0 Å². The van der Waals surface area contributed by atoms with Gasteiger partial charge in [0.15, 0.2) is 0 Å². The number of hydrogen-bond donors (Lipinski definition) is 5. The van der Waals surface area contributed by atoms with Crippen molar-refractivity contribution in [3.8, 4) is 0 Å². The summed E-state index contributed by atoms with van der Waals surface area (Å²) in [7, 11) is 0. The molecule has 0 saturated carbocycles. The molecule has 0 radical (unpaired) electrons. The minimum atomic E-state index is -0.979. The van der Waals surface area contributed by atoms with Crippen molar-refractivity contribution in [2.45, 2.75) is 69.5 Å². The molecule has 1 heterocycles. The highest BCUT2D eigenvalue weighted by molar-refractivity contribution is 8.00. The van der Waals surface area contributed by atoms with E-state index >= 15 is 0 Å². The molecule has 1 rings (SSSR count). The van der Waals surface area contributed by atoms with E-state index in [0.29, 0.717) is 36.9 Å². The molecule has 1 saturated heterocycles. The molecule has 176 valence electrons. The number of nitrogens with two attached hydrogens (primary N) is 1. The Morgan fingerprint density at radius 2 is 2.10 bits per heavy atom. The maximum absolute atomic E-state index is 13.2. The zero-order valence-corrected chi connectivity index (χ0v) is 21.4. The van der Waals surface area contributed by atoms with Gasteiger partial charge in [-0.25, -0.2) is 4.79 Å². The van der Waals surface area contributed by atoms with Crippen LogP contribution in [0.1, 0.15) is 40.5 Å². The highest BCUT2D eigenvalue weighted by Crippen LogP contribution is 2.39. The number of aliphatic carboxylic acids is 1. The Bertz CT molecular complexity index is 553. The summed E-state index contributed by atoms with van der Waals surface area (Å²) in [5.74, 6) is 1.28. The summed E-state index contributed by atoms with van der Waals surface area (Å²) in [4.78, 5) is 27.0. The second-order valence-electron chi connectivity index (χ2n) is 8.57. The van der Waals surface area contributed by atoms with Gasteiger partial charge in [0.25, 0.3) is 0 Å². The lowest BCUT2D eigenvalue weighted by Crippen LogP contribution is -2.58. The second-order valence-corrected chi connectivity index (χ2v) is 11.5. The number of carboxylic acids is 1. The predicted molar refractivity (Wildman–Crippen MR) is 133 cm³/mol. The molecule has 0 bridgehead atoms. The lowest BCUT2D eigenvalue weighted by molar-refractivity contribution is -0.142. The van der Waals surface area contributed by atoms with Crippen LogP contribution >= 0.6 is 36.2 Å². The van der Waals surface area contributed by atoms with Crippen molar-refractivity contribution in [2.75, 3.05) is 36.7 Å². The number of thiol groups is 1. The van der Waals surface area contributed by atoms with Crippen molar-refractivity contribution in [2.24, 2.45) is 11.7 Å². The van der Waals surface area contributed by atoms with Gasteiger partial charge in [-0.2, -0.15) is 24.4 Å². The molecular weight excluding hydrogens is 440 g/mol. The highest BCUT2D eigenvalue weighted by Gasteiger charge is 2.47. The van der Waals surface area contributed by atoms with Crippen molar-refractivity contribution in [3.05, 3.63) is 0 Å². The number of nitrogens with zero attached hydrogens (tertiary/aromatic N) is 1. The van der Waals surface area contributed by atoms with Crippen LogP contribution in [0.15, 0.2) is 0 Å². The first-order valence-corrected chi connectivity index (χ1v) is 13.6. The molecule has 5 atom stereocenters. The maximum atomic E-state index is 13.2. The number of thioether (sulfide) groups is 2. The van der Waals surface area contributed by atoms with Crippen LogP contribution in [0.5, 0.6) is 0 Å². The van der Waals surface area contributed by atoms with E-state index in [-0.39, 0.29) is 28.8 Å². The molecule has 30 heavy (non-hydrogen) atoms. The molecule has 1 aliphatic rings. The number of hydrogen-bond acceptors (Lipinski definition) is 8. The summed E-state index contributed by atoms with van der Waals surface area (Å²) < 4.78 is -0.297. The van der Waals surface area contributed by atoms with Crippen molar-refractivity contribution in [1.82, 2.24) is 15.5 Å². The fourth-order valence-electron chi connectivity index (χ4n) is 3.58. The SMILES string of the molecule is CCC(C)C(CN1CSC(C)(C)C1C(=O)NC(CCSC)C(=O)O)NCC(N)CS. The number of nitrogens with one attached hydrogen (secondary N) is 2. The van der Waals surface area contributed by atoms with E-state index in [0.717, 1.165) is 12.3 Å². The summed E-state index contributed by atoms with van der Waals surface area (Å²) in [6, 6.07) is -1.07. The molecule has 1 fully saturated rings. The first-order valence-electron chi connectivity index (χ1n) is 10.6. The van der Waals surface area contributed by atoms with Crippen LogP contribution in [0.25, 0.3) is 0 Å². The van der Waals surface area contributed by atoms with Gasteiger partial charge in [0, 0.05) is 41.5 Å². The zero-order valence-electron chi connectivity index (χ0n) is 18.9. The molecule has 0 aromatic heterocycles. The van der Waals surface area contributed by atoms with E-state index in [9.17, 15) is 14.7 Å². The second kappa shape index (κ2) is 13.4. The van der Waals surface area contributed by atoms with E-state index in [1.165, 1.54) is 0 Å². The van der Waals surface area contributed by atoms with E-state index in [4.69, 9.17) is 5.73 Å². The van der Waals surface area contributed by atoms with E-state index in [1.54, 1.807) is 23.5 Å². The molecule has 5 N–H and O–H groups in total. The van der Waals surface area contributed by atoms with E-state index in [2.05, 4.69) is 55.9 Å². The van der Waals surface area contributed by atoms with Crippen molar-refractivity contribution in [3.63, 3.8) is 0 Å². The van der Waals surface area contributed by atoms with Gasteiger partial charge < -0.3 is 21.5 Å². The Labute approximate surface area is 195 Å². The van der Waals surface area contributed by atoms with Crippen molar-refractivity contribution >= 4 is 48.0 Å². The van der Waals surface area contributed by atoms with E-state index < -0.39 is 12.0 Å². The topological polar surface area (TPSA) is 108 Å². The highest BCUT2D eigenvalue weighted by atomic mass is 32.2. The predicted octanol–water partition coefficient (Wildman–Crippen LogP) is 1.72. The molecule has 0 spiro atoms. The minimum Gasteiger partial charge on any atom is -0.480 e. The average Bonchev–Trinajstić information content (AvgIpc) is 3.00. The Kier molecular flexibility index (Phi) is 12.5. The fourth-order valence-corrected chi connectivity index (χ4v) is 5.34. The van der Waals surface area contributed by atoms with Gasteiger partial charge in [0.1, 0.15) is 12.1 Å². The molecule has 0 aromatic carbocycles. The Morgan fingerprint density at radius 1 is 1.43 bits per heavy atom. The summed E-state index contributed by atoms with van der Waals surface area (Å²) in [6.45, 7) is 9.87. The van der Waals surface area contributed by atoms with Gasteiger partial charge in [-0.15, -0.1) is 11.8 Å². The van der Waals surface area contributed by atoms with Gasteiger partial charge in [-0.3, -0.25) is 9.69 Å². The summed E-state index contributed by atoms with van der Waals surface area (Å²) in [6.07, 6.45) is 3.37. The third-order valence-corrected chi connectivity index (χ3v) is 8.28. The van der Waals surface area contributed by atoms with Crippen molar-refractivity contribution in [1.29, 1.82) is 0 Å². The summed E-state index contributed by atoms with van der Waals surface area (Å²) in [5, 5.41) is 15.9. The molecule has 1 aliphatic heterocycles. The molecule has 0 aromatic rings. The van der Waals surface area contributed by atoms with Crippen LogP contribution in [0.4, 0.5) is 0 Å². The maximum Gasteiger partial charge on any atom is 0.326 e. The quantitative estimate of drug-likeness (QED) is 0.239. The minimum absolute atomic E-state index is 0.0175. The lowest BCUT2D eigenvalue weighted by atomic mass is 9.95. The average molecular weight is 481 g/mol. The molecule has 7 nitrogen and oxygen atoms in total. The number of carbonyl (C=O) groups excluding carboxylic acids is 1. The van der Waals surface area contributed by atoms with E-state index in [1.807, 2.05) is 6.26 Å². The Morgan fingerprint density at radius 3 is 2.63 bits per heavy atom. The van der Waals surface area contributed by atoms with Gasteiger partial charge in [-0.05, 0) is 38.2 Å². The summed E-state index contributed by atoms with van der Waals surface area (Å²) >= 11 is 7.58. The fraction of sp³-hybridized carbons (Fsp3) is 0.900. The molecule has 10 heteroatoms. The van der Waals surface area contributed by atoms with Crippen LogP contribution < -0.4 is 16.4 Å². The smallest absolute Gasteiger partial charge is 0.326 e. The summed E-state index contributed by atoms with van der Waals surface area (Å²) in [5.41, 5.74) is 6.03. The third kappa shape index (κ3) is 8.43. The monoisotopic (exact) mass is 480 g/mol. The van der Waals surface area contributed by atoms with Crippen molar-refractivity contribution < 1.29 is 14.7 Å². The number of rotatable bonds is 14. The Hall–Kier alpha value is -0.130. The van der Waals surface area contributed by atoms with Gasteiger partial charge in [0.2, 0.25) is 5.91 Å². The van der Waals surface area contributed by atoms with Crippen LogP contribution in [-0.2, 0) is 9.59 Å². The normalized spacial score (nSPS) is 23.0. The molecule has 1 amide bonds. The number of carboxylic acid groups (broad SMARTS) is 1. The first kappa shape index (κ1) is 27.9. The largest absolute Gasteiger partial charge is 0.480 e. The third-order valence-electron chi connectivity index (χ3n) is 5.74. The Balaban J connectivity index is 2.92. The van der Waals surface area contributed by atoms with Gasteiger partial charge in [0.05, 0.1) is 0 Å². The van der Waals surface area contributed by atoms with Crippen LogP contribution in [0, 0.1) is 5.92 Å². The zero-order chi connectivity index (χ0) is 22.9. The van der Waals surface area contributed by atoms with Gasteiger partial charge in [-0.1, -0.05) is 20.3 Å². The van der Waals surface area contributed by atoms with Crippen LogP contribution in [-0.4, -0.2) is 87.5 Å². The molecule has 5 unspecified atom stereocenters.